The number of hydrogen-bond acceptors (Lipinski definition) is 5. The smallest absolute Gasteiger partial charge is 0.251 e. The van der Waals surface area contributed by atoms with Crippen LogP contribution in [0.5, 0.6) is 0 Å². The predicted octanol–water partition coefficient (Wildman–Crippen LogP) is 1.17. The molecule has 1 aliphatic carbocycles. The van der Waals surface area contributed by atoms with Crippen molar-refractivity contribution in [3.05, 3.63) is 11.9 Å². The van der Waals surface area contributed by atoms with Gasteiger partial charge in [-0.25, -0.2) is 4.68 Å². The third-order valence-corrected chi connectivity index (χ3v) is 5.33. The molecule has 9 heteroatoms. The van der Waals surface area contributed by atoms with E-state index in [0.717, 1.165) is 18.5 Å². The number of nitrogens with zero attached hydrogens (tertiary/aromatic N) is 4. The zero-order chi connectivity index (χ0) is 18.4. The first-order valence-corrected chi connectivity index (χ1v) is 9.61. The number of amides is 2. The second-order valence-corrected chi connectivity index (χ2v) is 8.56. The van der Waals surface area contributed by atoms with Gasteiger partial charge in [0, 0.05) is 25.1 Å². The zero-order valence-electron chi connectivity index (χ0n) is 14.6. The molecule has 1 aromatic heterocycles. The molecule has 0 radical (unpaired) electrons. The molecule has 0 bridgehead atoms. The minimum absolute atomic E-state index is 0.157. The van der Waals surface area contributed by atoms with Gasteiger partial charge in [-0.2, -0.15) is 0 Å². The zero-order valence-corrected chi connectivity index (χ0v) is 16.8. The van der Waals surface area contributed by atoms with E-state index < -0.39 is 23.6 Å². The molecule has 1 saturated heterocycles. The van der Waals surface area contributed by atoms with Crippen molar-refractivity contribution in [2.24, 2.45) is 5.41 Å². The Balaban J connectivity index is 1.89. The largest absolute Gasteiger partial charge is 0.391 e. The van der Waals surface area contributed by atoms with Gasteiger partial charge < -0.3 is 10.0 Å². The fraction of sp³-hybridized carbons (Fsp3) is 0.750. The van der Waals surface area contributed by atoms with Gasteiger partial charge in [-0.05, 0) is 18.3 Å². The molecule has 2 N–H and O–H groups in total. The van der Waals surface area contributed by atoms with E-state index in [2.05, 4.69) is 13.8 Å². The maximum absolute atomic E-state index is 13.3. The van der Waals surface area contributed by atoms with Crippen LogP contribution in [0.1, 0.15) is 57.7 Å². The summed E-state index contributed by atoms with van der Waals surface area (Å²) in [6, 6.07) is -1.24. The number of aromatic nitrogens is 3. The molecule has 2 heterocycles. The lowest BCUT2D eigenvalue weighted by Crippen LogP contribution is -2.49. The molecule has 138 valence electrons. The van der Waals surface area contributed by atoms with E-state index in [-0.39, 0.29) is 24.8 Å². The molecule has 2 aliphatic rings. The number of rotatable bonds is 4. The van der Waals surface area contributed by atoms with Crippen LogP contribution in [-0.2, 0) is 9.59 Å². The molecule has 2 fully saturated rings. The van der Waals surface area contributed by atoms with Crippen LogP contribution in [0.3, 0.4) is 0 Å². The number of halogens is 1. The highest BCUT2D eigenvalue weighted by atomic mass is 127. The fourth-order valence-electron chi connectivity index (χ4n) is 3.39. The number of hydrogen-bond donors (Lipinski definition) is 2. The van der Waals surface area contributed by atoms with Crippen LogP contribution in [0.4, 0.5) is 0 Å². The van der Waals surface area contributed by atoms with E-state index in [0.29, 0.717) is 5.92 Å². The van der Waals surface area contributed by atoms with Crippen molar-refractivity contribution >= 4 is 34.7 Å². The minimum Gasteiger partial charge on any atom is -0.391 e. The van der Waals surface area contributed by atoms with E-state index in [1.807, 2.05) is 27.0 Å². The van der Waals surface area contributed by atoms with Gasteiger partial charge >= 0.3 is 0 Å². The van der Waals surface area contributed by atoms with Gasteiger partial charge in [0.15, 0.2) is 0 Å². The highest BCUT2D eigenvalue weighted by molar-refractivity contribution is 14.1. The molecule has 25 heavy (non-hydrogen) atoms. The highest BCUT2D eigenvalue weighted by Gasteiger charge is 2.45. The number of aliphatic hydroxyl groups excluding tert-OH is 1. The molecule has 1 aromatic rings. The van der Waals surface area contributed by atoms with Gasteiger partial charge in [-0.3, -0.25) is 13.1 Å². The van der Waals surface area contributed by atoms with E-state index in [1.54, 1.807) is 27.5 Å². The first-order valence-electron chi connectivity index (χ1n) is 8.53. The summed E-state index contributed by atoms with van der Waals surface area (Å²) in [5.41, 5.74) is 0.509. The van der Waals surface area contributed by atoms with Crippen LogP contribution in [0.2, 0.25) is 0 Å². The van der Waals surface area contributed by atoms with E-state index in [9.17, 15) is 14.7 Å². The lowest BCUT2D eigenvalue weighted by Gasteiger charge is -2.34. The van der Waals surface area contributed by atoms with E-state index in [4.69, 9.17) is 0 Å². The molecule has 1 aliphatic heterocycles. The second-order valence-electron chi connectivity index (χ2n) is 8.02. The summed E-state index contributed by atoms with van der Waals surface area (Å²) >= 11 is 1.76. The number of β-amino-alcohol motifs (C(OH)–C–C–N with tert-alkyl or cyclic N) is 1. The van der Waals surface area contributed by atoms with E-state index in [1.165, 1.54) is 4.90 Å². The summed E-state index contributed by atoms with van der Waals surface area (Å²) in [7, 11) is 0. The lowest BCUT2D eigenvalue weighted by molar-refractivity contribution is -0.143. The van der Waals surface area contributed by atoms with Gasteiger partial charge in [0.05, 0.1) is 34.7 Å². The molecule has 3 unspecified atom stereocenters. The topological polar surface area (TPSA) is 100 Å². The van der Waals surface area contributed by atoms with Crippen molar-refractivity contribution in [2.75, 3.05) is 6.54 Å². The Kier molecular flexibility index (Phi) is 5.06. The predicted molar refractivity (Wildman–Crippen MR) is 98.8 cm³/mol. The molecule has 2 amide bonds. The summed E-state index contributed by atoms with van der Waals surface area (Å²) in [4.78, 5) is 26.9. The average Bonchev–Trinajstić information content (AvgIpc) is 3.15. The van der Waals surface area contributed by atoms with Crippen LogP contribution in [-0.4, -0.2) is 55.5 Å². The monoisotopic (exact) mass is 461 g/mol. The lowest BCUT2D eigenvalue weighted by atomic mass is 9.85. The van der Waals surface area contributed by atoms with Crippen LogP contribution in [0.25, 0.3) is 0 Å². The maximum atomic E-state index is 13.3. The number of aliphatic hydroxyl groups is 1. The van der Waals surface area contributed by atoms with Crippen molar-refractivity contribution in [2.45, 2.75) is 64.1 Å². The minimum atomic E-state index is -0.693. The Morgan fingerprint density at radius 3 is 2.64 bits per heavy atom. The first kappa shape index (κ1) is 18.6. The number of carbonyl (C=O) groups is 2. The summed E-state index contributed by atoms with van der Waals surface area (Å²) in [6.45, 7) is 6.06. The van der Waals surface area contributed by atoms with Crippen molar-refractivity contribution in [1.29, 1.82) is 0 Å². The van der Waals surface area contributed by atoms with Gasteiger partial charge in [-0.1, -0.05) is 26.0 Å². The van der Waals surface area contributed by atoms with Crippen LogP contribution < -0.4 is 3.53 Å². The quantitative estimate of drug-likeness (QED) is 0.518. The molecular formula is C16H24IN5O3. The van der Waals surface area contributed by atoms with Crippen molar-refractivity contribution in [3.63, 3.8) is 0 Å². The van der Waals surface area contributed by atoms with Gasteiger partial charge in [-0.15, -0.1) is 5.10 Å². The summed E-state index contributed by atoms with van der Waals surface area (Å²) < 4.78 is 4.17. The van der Waals surface area contributed by atoms with Crippen molar-refractivity contribution in [1.82, 2.24) is 23.4 Å². The van der Waals surface area contributed by atoms with Gasteiger partial charge in [0.25, 0.3) is 5.91 Å². The van der Waals surface area contributed by atoms with E-state index >= 15 is 0 Å². The molecule has 1 saturated carbocycles. The van der Waals surface area contributed by atoms with Gasteiger partial charge in [0.2, 0.25) is 5.91 Å². The Morgan fingerprint density at radius 1 is 1.40 bits per heavy atom. The highest BCUT2D eigenvalue weighted by Crippen LogP contribution is 2.40. The Labute approximate surface area is 160 Å². The fourth-order valence-corrected chi connectivity index (χ4v) is 3.75. The second kappa shape index (κ2) is 6.82. The third kappa shape index (κ3) is 3.81. The van der Waals surface area contributed by atoms with Crippen molar-refractivity contribution < 1.29 is 14.7 Å². The average molecular weight is 461 g/mol. The summed E-state index contributed by atoms with van der Waals surface area (Å²) in [6.07, 6.45) is 3.64. The third-order valence-electron chi connectivity index (χ3n) is 4.80. The Bertz CT molecular complexity index is 667. The SMILES string of the molecule is CC(C)(C)C(C(=O)N1CC(O)CC1C(=O)NI)n1cc(C2CC2)nn1. The molecular weight excluding hydrogens is 437 g/mol. The summed E-state index contributed by atoms with van der Waals surface area (Å²) in [5, 5.41) is 18.4. The molecule has 0 aromatic carbocycles. The van der Waals surface area contributed by atoms with Crippen LogP contribution in [0.15, 0.2) is 6.20 Å². The number of likely N-dealkylation sites (tertiary alicyclic amines) is 1. The number of carbonyl (C=O) groups excluding carboxylic acids is 2. The molecule has 8 nitrogen and oxygen atoms in total. The van der Waals surface area contributed by atoms with Crippen LogP contribution in [0, 0.1) is 5.41 Å². The maximum Gasteiger partial charge on any atom is 0.251 e. The molecule has 3 atom stereocenters. The normalized spacial score (nSPS) is 25.1. The molecule has 0 spiro atoms. The standard InChI is InChI=1S/C16H24IN5O3/c1-16(2,3)13(22-8-11(19-20-22)9-4-5-9)15(25)21-7-10(23)6-12(21)14(24)18-17/h8-10,12-13,23H,4-7H2,1-3H3,(H,18,24). The number of nitrogens with one attached hydrogen (secondary N) is 1. The Morgan fingerprint density at radius 2 is 2.08 bits per heavy atom. The van der Waals surface area contributed by atoms with Crippen molar-refractivity contribution in [3.8, 4) is 0 Å². The summed E-state index contributed by atoms with van der Waals surface area (Å²) in [5.74, 6) is -0.0210. The molecule has 3 rings (SSSR count). The van der Waals surface area contributed by atoms with Gasteiger partial charge in [0.1, 0.15) is 12.1 Å². The Hall–Kier alpha value is -1.23. The first-order chi connectivity index (χ1) is 11.7. The van der Waals surface area contributed by atoms with Crippen LogP contribution >= 0.6 is 22.9 Å².